The van der Waals surface area contributed by atoms with Gasteiger partial charge in [0.2, 0.25) is 5.91 Å². The van der Waals surface area contributed by atoms with E-state index in [-0.39, 0.29) is 17.9 Å². The van der Waals surface area contributed by atoms with E-state index in [0.717, 1.165) is 10.2 Å². The highest BCUT2D eigenvalue weighted by molar-refractivity contribution is 9.10. The van der Waals surface area contributed by atoms with Crippen LogP contribution in [0.1, 0.15) is 27.2 Å². The molecule has 1 atom stereocenters. The minimum atomic E-state index is -0.520. The summed E-state index contributed by atoms with van der Waals surface area (Å²) < 4.78 is 6.24. The van der Waals surface area contributed by atoms with Crippen LogP contribution in [0.15, 0.2) is 28.7 Å². The van der Waals surface area contributed by atoms with Crippen LogP contribution in [0.4, 0.5) is 10.5 Å². The zero-order valence-corrected chi connectivity index (χ0v) is 14.6. The van der Waals surface area contributed by atoms with Crippen LogP contribution in [-0.4, -0.2) is 35.6 Å². The number of rotatable bonds is 2. The number of halogens is 1. The third-order valence-corrected chi connectivity index (χ3v) is 3.80. The predicted molar refractivity (Wildman–Crippen MR) is 88.7 cm³/mol. The Bertz CT molecular complexity index is 569. The molecule has 0 radical (unpaired) electrons. The second kappa shape index (κ2) is 6.69. The van der Waals surface area contributed by atoms with Gasteiger partial charge in [0.05, 0.1) is 5.92 Å². The number of carbonyl (C=O) groups is 2. The highest BCUT2D eigenvalue weighted by Gasteiger charge is 2.33. The number of likely N-dealkylation sites (tertiary alicyclic amines) is 1. The number of carbonyl (C=O) groups excluding carboxylic acids is 2. The molecule has 5 nitrogen and oxygen atoms in total. The fourth-order valence-corrected chi connectivity index (χ4v) is 2.68. The number of benzene rings is 1. The van der Waals surface area contributed by atoms with E-state index >= 15 is 0 Å². The van der Waals surface area contributed by atoms with Gasteiger partial charge >= 0.3 is 6.09 Å². The lowest BCUT2D eigenvalue weighted by Gasteiger charge is -2.24. The summed E-state index contributed by atoms with van der Waals surface area (Å²) in [5.41, 5.74) is 0.225. The van der Waals surface area contributed by atoms with Gasteiger partial charge in [-0.25, -0.2) is 4.79 Å². The van der Waals surface area contributed by atoms with E-state index in [9.17, 15) is 9.59 Å². The highest BCUT2D eigenvalue weighted by atomic mass is 79.9. The molecule has 0 spiro atoms. The number of nitrogens with one attached hydrogen (secondary N) is 1. The molecule has 1 saturated heterocycles. The van der Waals surface area contributed by atoms with Crippen LogP contribution in [0.3, 0.4) is 0 Å². The smallest absolute Gasteiger partial charge is 0.410 e. The molecule has 1 aromatic carbocycles. The van der Waals surface area contributed by atoms with Crippen molar-refractivity contribution in [1.29, 1.82) is 0 Å². The molecule has 1 N–H and O–H groups in total. The molecule has 120 valence electrons. The molecule has 2 rings (SSSR count). The number of nitrogens with zero attached hydrogens (tertiary/aromatic N) is 1. The Morgan fingerprint density at radius 1 is 1.36 bits per heavy atom. The number of hydrogen-bond acceptors (Lipinski definition) is 3. The first-order valence-electron chi connectivity index (χ1n) is 7.29. The first kappa shape index (κ1) is 16.8. The first-order chi connectivity index (χ1) is 10.2. The summed E-state index contributed by atoms with van der Waals surface area (Å²) in [5.74, 6) is -0.268. The molecule has 0 aromatic heterocycles. The Labute approximate surface area is 139 Å². The number of amides is 2. The molecule has 1 aliphatic heterocycles. The lowest BCUT2D eigenvalue weighted by molar-refractivity contribution is -0.119. The average molecular weight is 369 g/mol. The van der Waals surface area contributed by atoms with Crippen molar-refractivity contribution in [2.24, 2.45) is 5.92 Å². The van der Waals surface area contributed by atoms with Crippen LogP contribution < -0.4 is 5.32 Å². The van der Waals surface area contributed by atoms with E-state index in [1.54, 1.807) is 4.90 Å². The van der Waals surface area contributed by atoms with Gasteiger partial charge in [-0.15, -0.1) is 0 Å². The third kappa shape index (κ3) is 4.73. The van der Waals surface area contributed by atoms with Crippen molar-refractivity contribution in [3.63, 3.8) is 0 Å². The number of hydrogen-bond donors (Lipinski definition) is 1. The van der Waals surface area contributed by atoms with Gasteiger partial charge in [-0.1, -0.05) is 22.0 Å². The van der Waals surface area contributed by atoms with Crippen molar-refractivity contribution in [1.82, 2.24) is 4.90 Å². The van der Waals surface area contributed by atoms with Crippen LogP contribution in [-0.2, 0) is 9.53 Å². The van der Waals surface area contributed by atoms with Crippen molar-refractivity contribution in [3.8, 4) is 0 Å². The predicted octanol–water partition coefficient (Wildman–Crippen LogP) is 3.64. The maximum Gasteiger partial charge on any atom is 0.410 e. The second-order valence-corrected chi connectivity index (χ2v) is 7.33. The average Bonchev–Trinajstić information content (AvgIpc) is 2.86. The standard InChI is InChI=1S/C16H21BrN2O3/c1-16(2,3)22-15(21)19-8-7-11(10-19)14(20)18-13-6-4-5-12(17)9-13/h4-6,9,11H,7-8,10H2,1-3H3,(H,18,20)/t11-/m1/s1. The van der Waals surface area contributed by atoms with E-state index in [1.807, 2.05) is 45.0 Å². The zero-order valence-electron chi connectivity index (χ0n) is 13.1. The minimum absolute atomic E-state index is 0.0656. The Morgan fingerprint density at radius 3 is 2.73 bits per heavy atom. The summed E-state index contributed by atoms with van der Waals surface area (Å²) in [7, 11) is 0. The second-order valence-electron chi connectivity index (χ2n) is 6.41. The first-order valence-corrected chi connectivity index (χ1v) is 8.08. The maximum absolute atomic E-state index is 12.3. The number of anilines is 1. The van der Waals surface area contributed by atoms with Crippen LogP contribution >= 0.6 is 15.9 Å². The Kier molecular flexibility index (Phi) is 5.11. The Hall–Kier alpha value is -1.56. The van der Waals surface area contributed by atoms with Gasteiger partial charge in [0.15, 0.2) is 0 Å². The van der Waals surface area contributed by atoms with Crippen molar-refractivity contribution in [2.45, 2.75) is 32.8 Å². The molecule has 6 heteroatoms. The van der Waals surface area contributed by atoms with Crippen LogP contribution in [0.25, 0.3) is 0 Å². The highest BCUT2D eigenvalue weighted by Crippen LogP contribution is 2.22. The topological polar surface area (TPSA) is 58.6 Å². The van der Waals surface area contributed by atoms with Crippen LogP contribution in [0, 0.1) is 5.92 Å². The zero-order chi connectivity index (χ0) is 16.3. The summed E-state index contributed by atoms with van der Waals surface area (Å²) in [6, 6.07) is 7.44. The third-order valence-electron chi connectivity index (χ3n) is 3.30. The molecule has 2 amide bonds. The molecule has 0 unspecified atom stereocenters. The van der Waals surface area contributed by atoms with Gasteiger partial charge in [-0.05, 0) is 45.4 Å². The fraction of sp³-hybridized carbons (Fsp3) is 0.500. The summed E-state index contributed by atoms with van der Waals surface area (Å²) in [6.07, 6.45) is 0.296. The molecule has 1 aromatic rings. The monoisotopic (exact) mass is 368 g/mol. The molecule has 0 aliphatic carbocycles. The molecule has 22 heavy (non-hydrogen) atoms. The SMILES string of the molecule is CC(C)(C)OC(=O)N1CC[C@@H](C(=O)Nc2cccc(Br)c2)C1. The largest absolute Gasteiger partial charge is 0.444 e. The summed E-state index contributed by atoms with van der Waals surface area (Å²) >= 11 is 3.37. The van der Waals surface area contributed by atoms with Gasteiger partial charge in [-0.2, -0.15) is 0 Å². The number of ether oxygens (including phenoxy) is 1. The van der Waals surface area contributed by atoms with Gasteiger partial charge in [0, 0.05) is 23.2 Å². The van der Waals surface area contributed by atoms with Crippen molar-refractivity contribution < 1.29 is 14.3 Å². The molecule has 0 bridgehead atoms. The van der Waals surface area contributed by atoms with Crippen molar-refractivity contribution >= 4 is 33.6 Å². The van der Waals surface area contributed by atoms with E-state index in [4.69, 9.17) is 4.74 Å². The summed E-state index contributed by atoms with van der Waals surface area (Å²) in [5, 5.41) is 2.88. The molecule has 1 aliphatic rings. The molecule has 1 heterocycles. The van der Waals surface area contributed by atoms with Gasteiger partial charge in [0.25, 0.3) is 0 Å². The van der Waals surface area contributed by atoms with Gasteiger partial charge in [-0.3, -0.25) is 4.79 Å². The van der Waals surface area contributed by atoms with E-state index in [1.165, 1.54) is 0 Å². The fourth-order valence-electron chi connectivity index (χ4n) is 2.28. The van der Waals surface area contributed by atoms with Crippen LogP contribution in [0.2, 0.25) is 0 Å². The van der Waals surface area contributed by atoms with Crippen molar-refractivity contribution in [2.75, 3.05) is 18.4 Å². The molecule has 1 fully saturated rings. The lowest BCUT2D eigenvalue weighted by atomic mass is 10.1. The van der Waals surface area contributed by atoms with E-state index in [0.29, 0.717) is 19.5 Å². The van der Waals surface area contributed by atoms with Gasteiger partial charge < -0.3 is 15.0 Å². The summed E-state index contributed by atoms with van der Waals surface area (Å²) in [6.45, 7) is 6.44. The van der Waals surface area contributed by atoms with E-state index in [2.05, 4.69) is 21.2 Å². The van der Waals surface area contributed by atoms with Crippen molar-refractivity contribution in [3.05, 3.63) is 28.7 Å². The lowest BCUT2D eigenvalue weighted by Crippen LogP contribution is -2.36. The van der Waals surface area contributed by atoms with E-state index < -0.39 is 5.60 Å². The molecular formula is C16H21BrN2O3. The molecular weight excluding hydrogens is 348 g/mol. The minimum Gasteiger partial charge on any atom is -0.444 e. The molecule has 0 saturated carbocycles. The Balaban J connectivity index is 1.90. The maximum atomic E-state index is 12.3. The quantitative estimate of drug-likeness (QED) is 0.866. The van der Waals surface area contributed by atoms with Gasteiger partial charge in [0.1, 0.15) is 5.60 Å². The van der Waals surface area contributed by atoms with Crippen LogP contribution in [0.5, 0.6) is 0 Å². The summed E-state index contributed by atoms with van der Waals surface area (Å²) in [4.78, 5) is 25.9. The Morgan fingerprint density at radius 2 is 2.09 bits per heavy atom. The normalized spacial score (nSPS) is 18.2.